The van der Waals surface area contributed by atoms with Crippen LogP contribution in [0.15, 0.2) is 43.0 Å². The molecule has 0 atom stereocenters. The Bertz CT molecular complexity index is 893. The summed E-state index contributed by atoms with van der Waals surface area (Å²) in [7, 11) is 0. The zero-order valence-electron chi connectivity index (χ0n) is 12.5. The van der Waals surface area contributed by atoms with Crippen molar-refractivity contribution in [3.8, 4) is 0 Å². The maximum Gasteiger partial charge on any atom is 0.278 e. The number of nitrogens with zero attached hydrogens (tertiary/aromatic N) is 4. The van der Waals surface area contributed by atoms with Crippen LogP contribution in [0.25, 0.3) is 0 Å². The molecule has 3 aromatic rings. The van der Waals surface area contributed by atoms with Crippen molar-refractivity contribution < 1.29 is 9.18 Å². The molecule has 2 aromatic heterocycles. The average Bonchev–Trinajstić information content (AvgIpc) is 2.98. The first-order chi connectivity index (χ1) is 11.5. The summed E-state index contributed by atoms with van der Waals surface area (Å²) >= 11 is 0. The van der Waals surface area contributed by atoms with Crippen molar-refractivity contribution in [1.29, 1.82) is 0 Å². The molecule has 2 heterocycles. The largest absolute Gasteiger partial charge is 0.396 e. The number of hydrogen-bond acceptors (Lipinski definition) is 6. The number of amides is 1. The average molecular weight is 327 g/mol. The number of nitrogens with one attached hydrogen (secondary N) is 1. The third-order valence-corrected chi connectivity index (χ3v) is 3.24. The number of benzene rings is 1. The number of carbonyl (C=O) groups is 1. The Labute approximate surface area is 136 Å². The van der Waals surface area contributed by atoms with E-state index in [1.165, 1.54) is 30.7 Å². The molecule has 5 N–H and O–H groups in total. The molecule has 0 spiro atoms. The van der Waals surface area contributed by atoms with Crippen molar-refractivity contribution >= 4 is 23.1 Å². The van der Waals surface area contributed by atoms with Gasteiger partial charge in [0.1, 0.15) is 5.82 Å². The topological polar surface area (TPSA) is 125 Å². The Morgan fingerprint density at radius 3 is 2.79 bits per heavy atom. The number of nitrogen functional groups attached to an aromatic ring is 2. The molecule has 3 rings (SSSR count). The summed E-state index contributed by atoms with van der Waals surface area (Å²) in [5, 5.41) is 6.77. The van der Waals surface area contributed by atoms with E-state index in [0.717, 1.165) is 5.56 Å². The van der Waals surface area contributed by atoms with Gasteiger partial charge in [0.05, 0.1) is 24.1 Å². The smallest absolute Gasteiger partial charge is 0.278 e. The molecule has 0 aliphatic carbocycles. The Morgan fingerprint density at radius 1 is 1.25 bits per heavy atom. The molecule has 9 heteroatoms. The molecule has 24 heavy (non-hydrogen) atoms. The summed E-state index contributed by atoms with van der Waals surface area (Å²) in [5.41, 5.74) is 12.5. The normalized spacial score (nSPS) is 10.5. The van der Waals surface area contributed by atoms with Crippen molar-refractivity contribution in [2.75, 3.05) is 16.8 Å². The van der Waals surface area contributed by atoms with E-state index in [0.29, 0.717) is 12.2 Å². The third-order valence-electron chi connectivity index (χ3n) is 3.24. The number of nitrogens with two attached hydrogens (primary N) is 2. The van der Waals surface area contributed by atoms with Gasteiger partial charge in [0, 0.05) is 18.6 Å². The summed E-state index contributed by atoms with van der Waals surface area (Å²) < 4.78 is 14.7. The van der Waals surface area contributed by atoms with Crippen LogP contribution >= 0.6 is 0 Å². The predicted octanol–water partition coefficient (Wildman–Crippen LogP) is 1.28. The lowest BCUT2D eigenvalue weighted by molar-refractivity contribution is 0.102. The van der Waals surface area contributed by atoms with Crippen LogP contribution in [0, 0.1) is 5.82 Å². The summed E-state index contributed by atoms with van der Waals surface area (Å²) in [6.07, 6.45) is 5.90. The number of halogens is 1. The zero-order chi connectivity index (χ0) is 17.1. The Hall–Kier alpha value is -3.49. The quantitative estimate of drug-likeness (QED) is 0.620. The van der Waals surface area contributed by atoms with Crippen LogP contribution in [0.3, 0.4) is 0 Å². The van der Waals surface area contributed by atoms with Gasteiger partial charge in [0.15, 0.2) is 11.5 Å². The number of carbonyl (C=O) groups excluding carboxylic acids is 1. The van der Waals surface area contributed by atoms with E-state index in [1.54, 1.807) is 16.9 Å². The van der Waals surface area contributed by atoms with E-state index >= 15 is 0 Å². The minimum Gasteiger partial charge on any atom is -0.396 e. The van der Waals surface area contributed by atoms with Crippen molar-refractivity contribution in [1.82, 2.24) is 19.7 Å². The molecule has 122 valence electrons. The summed E-state index contributed by atoms with van der Waals surface area (Å²) in [6, 6.07) is 4.45. The highest BCUT2D eigenvalue weighted by molar-refractivity contribution is 6.05. The molecule has 0 bridgehead atoms. The van der Waals surface area contributed by atoms with Gasteiger partial charge in [0.2, 0.25) is 0 Å². The van der Waals surface area contributed by atoms with Crippen molar-refractivity contribution in [2.24, 2.45) is 0 Å². The van der Waals surface area contributed by atoms with Gasteiger partial charge in [-0.05, 0) is 17.7 Å². The molecule has 0 aliphatic heterocycles. The van der Waals surface area contributed by atoms with Gasteiger partial charge >= 0.3 is 0 Å². The first kappa shape index (κ1) is 15.4. The van der Waals surface area contributed by atoms with E-state index in [2.05, 4.69) is 20.4 Å². The molecule has 0 radical (unpaired) electrons. The Balaban J connectivity index is 1.70. The molecule has 1 amide bonds. The molecule has 0 aliphatic rings. The lowest BCUT2D eigenvalue weighted by Crippen LogP contribution is -2.16. The van der Waals surface area contributed by atoms with Gasteiger partial charge in [-0.25, -0.2) is 14.4 Å². The SMILES string of the molecule is Nc1cc(Cn2cc(NC(=O)c3nccnc3N)cn2)ccc1F. The Kier molecular flexibility index (Phi) is 4.06. The van der Waals surface area contributed by atoms with Crippen LogP contribution in [0.4, 0.5) is 21.6 Å². The van der Waals surface area contributed by atoms with Crippen LogP contribution in [0.5, 0.6) is 0 Å². The first-order valence-corrected chi connectivity index (χ1v) is 6.97. The fourth-order valence-corrected chi connectivity index (χ4v) is 2.11. The minimum absolute atomic E-state index is 0.0385. The highest BCUT2D eigenvalue weighted by Crippen LogP contribution is 2.15. The number of rotatable bonds is 4. The van der Waals surface area contributed by atoms with Gasteiger partial charge < -0.3 is 16.8 Å². The van der Waals surface area contributed by atoms with Crippen molar-refractivity contribution in [2.45, 2.75) is 6.54 Å². The molecule has 0 fully saturated rings. The van der Waals surface area contributed by atoms with Gasteiger partial charge in [0.25, 0.3) is 5.91 Å². The highest BCUT2D eigenvalue weighted by atomic mass is 19.1. The third kappa shape index (κ3) is 3.29. The lowest BCUT2D eigenvalue weighted by Gasteiger charge is -2.04. The van der Waals surface area contributed by atoms with Crippen LogP contribution in [-0.4, -0.2) is 25.7 Å². The molecule has 0 saturated carbocycles. The van der Waals surface area contributed by atoms with E-state index < -0.39 is 11.7 Å². The number of aromatic nitrogens is 4. The maximum atomic E-state index is 13.2. The number of anilines is 3. The molecule has 0 saturated heterocycles. The second kappa shape index (κ2) is 6.32. The van der Waals surface area contributed by atoms with Crippen LogP contribution < -0.4 is 16.8 Å². The molecule has 1 aromatic carbocycles. The predicted molar refractivity (Wildman–Crippen MR) is 86.5 cm³/mol. The molecule has 0 unspecified atom stereocenters. The number of hydrogen-bond donors (Lipinski definition) is 3. The van der Waals surface area contributed by atoms with E-state index in [4.69, 9.17) is 11.5 Å². The molecular formula is C15H14FN7O. The Morgan fingerprint density at radius 2 is 2.04 bits per heavy atom. The second-order valence-electron chi connectivity index (χ2n) is 5.03. The lowest BCUT2D eigenvalue weighted by atomic mass is 10.2. The van der Waals surface area contributed by atoms with Gasteiger partial charge in [-0.1, -0.05) is 6.07 Å². The van der Waals surface area contributed by atoms with Crippen LogP contribution in [0.1, 0.15) is 16.1 Å². The van der Waals surface area contributed by atoms with E-state index in [1.807, 2.05) is 0 Å². The summed E-state index contributed by atoms with van der Waals surface area (Å²) in [6.45, 7) is 0.383. The van der Waals surface area contributed by atoms with Crippen molar-refractivity contribution in [3.63, 3.8) is 0 Å². The summed E-state index contributed by atoms with van der Waals surface area (Å²) in [5.74, 6) is -0.899. The van der Waals surface area contributed by atoms with Crippen molar-refractivity contribution in [3.05, 3.63) is 60.1 Å². The van der Waals surface area contributed by atoms with Crippen LogP contribution in [-0.2, 0) is 6.54 Å². The first-order valence-electron chi connectivity index (χ1n) is 6.97. The monoisotopic (exact) mass is 327 g/mol. The van der Waals surface area contributed by atoms with Gasteiger partial charge in [-0.2, -0.15) is 5.10 Å². The molecule has 8 nitrogen and oxygen atoms in total. The fraction of sp³-hybridized carbons (Fsp3) is 0.0667. The van der Waals surface area contributed by atoms with Crippen LogP contribution in [0.2, 0.25) is 0 Å². The fourth-order valence-electron chi connectivity index (χ4n) is 2.11. The van der Waals surface area contributed by atoms with E-state index in [9.17, 15) is 9.18 Å². The maximum absolute atomic E-state index is 13.2. The molecular weight excluding hydrogens is 313 g/mol. The van der Waals surface area contributed by atoms with Gasteiger partial charge in [-0.15, -0.1) is 0 Å². The summed E-state index contributed by atoms with van der Waals surface area (Å²) in [4.78, 5) is 19.8. The standard InChI is InChI=1S/C15H14FN7O/c16-11-2-1-9(5-12(11)17)7-23-8-10(6-21-23)22-15(24)13-14(18)20-4-3-19-13/h1-6,8H,7,17H2,(H2,18,20)(H,22,24). The minimum atomic E-state index is -0.480. The second-order valence-corrected chi connectivity index (χ2v) is 5.03. The highest BCUT2D eigenvalue weighted by Gasteiger charge is 2.13. The zero-order valence-corrected chi connectivity index (χ0v) is 12.5. The van der Waals surface area contributed by atoms with Gasteiger partial charge in [-0.3, -0.25) is 9.48 Å². The van der Waals surface area contributed by atoms with E-state index in [-0.39, 0.29) is 17.2 Å².